The van der Waals surface area contributed by atoms with Gasteiger partial charge in [-0.1, -0.05) is 65.7 Å². The lowest BCUT2D eigenvalue weighted by molar-refractivity contribution is -0.214. The molecule has 4 nitrogen and oxygen atoms in total. The van der Waals surface area contributed by atoms with E-state index >= 15 is 0 Å². The summed E-state index contributed by atoms with van der Waals surface area (Å²) in [5, 5.41) is 1.69. The van der Waals surface area contributed by atoms with Gasteiger partial charge in [-0.05, 0) is 25.0 Å². The van der Waals surface area contributed by atoms with E-state index < -0.39 is 5.54 Å². The molecule has 2 aromatic rings. The largest absolute Gasteiger partial charge is 0.365 e. The molecule has 1 heterocycles. The van der Waals surface area contributed by atoms with Gasteiger partial charge in [0.2, 0.25) is 0 Å². The Kier molecular flexibility index (Phi) is 4.01. The highest BCUT2D eigenvalue weighted by Crippen LogP contribution is 2.39. The summed E-state index contributed by atoms with van der Waals surface area (Å²) < 4.78 is 0. The maximum Gasteiger partial charge on any atom is 0.322 e. The molecule has 0 saturated carbocycles. The normalized spacial score (nSPS) is 20.1. The highest BCUT2D eigenvalue weighted by atomic mass is 16.7. The molecule has 0 aliphatic carbocycles. The van der Waals surface area contributed by atoms with E-state index in [2.05, 4.69) is 0 Å². The molecule has 0 amide bonds. The lowest BCUT2D eigenvalue weighted by Crippen LogP contribution is -2.47. The summed E-state index contributed by atoms with van der Waals surface area (Å²) in [6.07, 6.45) is -0.342. The molecule has 0 fully saturated rings. The number of nitrogens with zero attached hydrogens (tertiary/aromatic N) is 2. The average Bonchev–Trinajstić information content (AvgIpc) is 2.80. The predicted molar refractivity (Wildman–Crippen MR) is 89.8 cm³/mol. The first-order chi connectivity index (χ1) is 11.0. The molecular formula is C19H20N2O2. The number of hydrogen-bond donors (Lipinski definition) is 0. The van der Waals surface area contributed by atoms with Crippen molar-refractivity contribution in [2.45, 2.75) is 32.5 Å². The molecule has 0 N–H and O–H groups in total. The number of hydroxylamine groups is 2. The second-order valence-corrected chi connectivity index (χ2v) is 6.10. The number of benzene rings is 2. The maximum absolute atomic E-state index is 11.6. The molecule has 0 bridgehead atoms. The van der Waals surface area contributed by atoms with Gasteiger partial charge in [0.15, 0.2) is 6.17 Å². The van der Waals surface area contributed by atoms with Crippen molar-refractivity contribution in [3.63, 3.8) is 0 Å². The summed E-state index contributed by atoms with van der Waals surface area (Å²) in [5.41, 5.74) is 2.42. The van der Waals surface area contributed by atoms with Gasteiger partial charge in [0.05, 0.1) is 11.3 Å². The van der Waals surface area contributed by atoms with Crippen LogP contribution >= 0.6 is 0 Å². The van der Waals surface area contributed by atoms with Crippen LogP contribution in [-0.2, 0) is 9.63 Å². The molecule has 23 heavy (non-hydrogen) atoms. The van der Waals surface area contributed by atoms with Gasteiger partial charge in [0.1, 0.15) is 0 Å². The van der Waals surface area contributed by atoms with Gasteiger partial charge < -0.3 is 4.84 Å². The molecule has 1 aliphatic heterocycles. The van der Waals surface area contributed by atoms with E-state index in [1.807, 2.05) is 74.5 Å². The van der Waals surface area contributed by atoms with Gasteiger partial charge >= 0.3 is 5.97 Å². The zero-order valence-corrected chi connectivity index (χ0v) is 13.6. The Bertz CT molecular complexity index is 724. The standard InChI is InChI=1S/C19H20N2O2/c1-14(22)23-21-18(16-12-8-5-9-13-16)20-17(19(21,2)3)15-10-6-4-7-11-15/h4-13,18H,1-3H3. The van der Waals surface area contributed by atoms with Crippen LogP contribution in [0.25, 0.3) is 0 Å². The van der Waals surface area contributed by atoms with E-state index in [0.29, 0.717) is 0 Å². The Hall–Kier alpha value is -2.46. The maximum atomic E-state index is 11.6. The van der Waals surface area contributed by atoms with Crippen LogP contribution in [0, 0.1) is 0 Å². The highest BCUT2D eigenvalue weighted by Gasteiger charge is 2.46. The number of hydrogen-bond acceptors (Lipinski definition) is 4. The Morgan fingerprint density at radius 1 is 1.04 bits per heavy atom. The number of aliphatic imine (C=N–C) groups is 1. The van der Waals surface area contributed by atoms with Gasteiger partial charge in [-0.3, -0.25) is 9.79 Å². The fourth-order valence-corrected chi connectivity index (χ4v) is 2.90. The highest BCUT2D eigenvalue weighted by molar-refractivity contribution is 6.08. The second kappa shape index (κ2) is 5.97. The van der Waals surface area contributed by atoms with E-state index in [1.165, 1.54) is 6.92 Å². The van der Waals surface area contributed by atoms with Crippen molar-refractivity contribution < 1.29 is 9.63 Å². The number of carbonyl (C=O) groups is 1. The van der Waals surface area contributed by atoms with Gasteiger partial charge in [0, 0.05) is 6.92 Å². The summed E-state index contributed by atoms with van der Waals surface area (Å²) in [6, 6.07) is 19.9. The molecule has 1 unspecified atom stereocenters. The fourth-order valence-electron chi connectivity index (χ4n) is 2.90. The van der Waals surface area contributed by atoms with Crippen LogP contribution in [0.2, 0.25) is 0 Å². The third-order valence-corrected chi connectivity index (χ3v) is 3.98. The van der Waals surface area contributed by atoms with Crippen molar-refractivity contribution in [1.82, 2.24) is 5.06 Å². The van der Waals surface area contributed by atoms with Crippen molar-refractivity contribution in [3.05, 3.63) is 71.8 Å². The monoisotopic (exact) mass is 308 g/mol. The van der Waals surface area contributed by atoms with Crippen molar-refractivity contribution in [1.29, 1.82) is 0 Å². The molecule has 0 aromatic heterocycles. The first-order valence-electron chi connectivity index (χ1n) is 7.66. The van der Waals surface area contributed by atoms with Crippen LogP contribution in [0.1, 0.15) is 38.1 Å². The fraction of sp³-hybridized carbons (Fsp3) is 0.263. The SMILES string of the molecule is CC(=O)ON1C(c2ccccc2)N=C(c2ccccc2)C1(C)C. The van der Waals surface area contributed by atoms with Gasteiger partial charge in [-0.2, -0.15) is 0 Å². The van der Waals surface area contributed by atoms with Crippen LogP contribution in [0.3, 0.4) is 0 Å². The Labute approximate surface area is 136 Å². The van der Waals surface area contributed by atoms with Gasteiger partial charge in [-0.15, -0.1) is 0 Å². The Morgan fingerprint density at radius 2 is 1.61 bits per heavy atom. The summed E-state index contributed by atoms with van der Waals surface area (Å²) in [6.45, 7) is 5.45. The molecule has 1 atom stereocenters. The topological polar surface area (TPSA) is 41.9 Å². The minimum absolute atomic E-state index is 0.342. The summed E-state index contributed by atoms with van der Waals surface area (Å²) in [5.74, 6) is -0.344. The third kappa shape index (κ3) is 2.90. The zero-order valence-electron chi connectivity index (χ0n) is 13.6. The van der Waals surface area contributed by atoms with Crippen molar-refractivity contribution in [2.24, 2.45) is 4.99 Å². The Balaban J connectivity index is 2.08. The summed E-state index contributed by atoms with van der Waals surface area (Å²) in [7, 11) is 0. The van der Waals surface area contributed by atoms with E-state index in [0.717, 1.165) is 16.8 Å². The summed E-state index contributed by atoms with van der Waals surface area (Å²) in [4.78, 5) is 22.0. The molecule has 3 rings (SSSR count). The third-order valence-electron chi connectivity index (χ3n) is 3.98. The number of carbonyl (C=O) groups excluding carboxylic acids is 1. The molecule has 0 radical (unpaired) electrons. The van der Waals surface area contributed by atoms with E-state index in [-0.39, 0.29) is 12.1 Å². The van der Waals surface area contributed by atoms with E-state index in [9.17, 15) is 4.79 Å². The number of rotatable bonds is 3. The first-order valence-corrected chi connectivity index (χ1v) is 7.66. The van der Waals surface area contributed by atoms with E-state index in [1.54, 1.807) is 5.06 Å². The predicted octanol–water partition coefficient (Wildman–Crippen LogP) is 3.75. The van der Waals surface area contributed by atoms with Crippen LogP contribution < -0.4 is 0 Å². The van der Waals surface area contributed by atoms with Crippen LogP contribution in [-0.4, -0.2) is 22.3 Å². The second-order valence-electron chi connectivity index (χ2n) is 6.10. The molecular weight excluding hydrogens is 288 g/mol. The smallest absolute Gasteiger partial charge is 0.322 e. The lowest BCUT2D eigenvalue weighted by Gasteiger charge is -2.33. The van der Waals surface area contributed by atoms with Crippen LogP contribution in [0.15, 0.2) is 65.7 Å². The molecule has 0 saturated heterocycles. The molecule has 4 heteroatoms. The molecule has 118 valence electrons. The lowest BCUT2D eigenvalue weighted by atomic mass is 9.93. The molecule has 2 aromatic carbocycles. The summed E-state index contributed by atoms with van der Waals surface area (Å²) >= 11 is 0. The average molecular weight is 308 g/mol. The zero-order chi connectivity index (χ0) is 16.4. The van der Waals surface area contributed by atoms with E-state index in [4.69, 9.17) is 9.83 Å². The van der Waals surface area contributed by atoms with Gasteiger partial charge in [0.25, 0.3) is 0 Å². The first kappa shape index (κ1) is 15.4. The van der Waals surface area contributed by atoms with Crippen LogP contribution in [0.5, 0.6) is 0 Å². The molecule has 0 spiro atoms. The Morgan fingerprint density at radius 3 is 2.17 bits per heavy atom. The van der Waals surface area contributed by atoms with Crippen molar-refractivity contribution >= 4 is 11.7 Å². The van der Waals surface area contributed by atoms with Crippen LogP contribution in [0.4, 0.5) is 0 Å². The van der Waals surface area contributed by atoms with Gasteiger partial charge in [-0.25, -0.2) is 0 Å². The minimum atomic E-state index is -0.520. The minimum Gasteiger partial charge on any atom is -0.365 e. The molecule has 1 aliphatic rings. The van der Waals surface area contributed by atoms with Crippen molar-refractivity contribution in [3.8, 4) is 0 Å². The quantitative estimate of drug-likeness (QED) is 0.867. The van der Waals surface area contributed by atoms with Crippen molar-refractivity contribution in [2.75, 3.05) is 0 Å².